The van der Waals surface area contributed by atoms with Crippen LogP contribution < -0.4 is 22.4 Å². The van der Waals surface area contributed by atoms with Crippen LogP contribution in [0.4, 0.5) is 0 Å². The highest BCUT2D eigenvalue weighted by atomic mass is 35.5. The third kappa shape index (κ3) is 2.54. The van der Waals surface area contributed by atoms with Crippen LogP contribution in [0.5, 0.6) is 0 Å². The molecule has 0 spiro atoms. The molecule has 1 saturated heterocycles. The van der Waals surface area contributed by atoms with Gasteiger partial charge in [-0.2, -0.15) is 4.99 Å². The molecule has 2 atom stereocenters. The van der Waals surface area contributed by atoms with Crippen LogP contribution in [0.2, 0.25) is 0 Å². The Balaban J connectivity index is 0.00000133. The van der Waals surface area contributed by atoms with E-state index in [0.29, 0.717) is 13.0 Å². The van der Waals surface area contributed by atoms with Gasteiger partial charge in [-0.15, -0.1) is 0 Å². The molecule has 19 heavy (non-hydrogen) atoms. The Morgan fingerprint density at radius 1 is 1.53 bits per heavy atom. The number of nitrogens with zero attached hydrogens (tertiary/aromatic N) is 3. The maximum absolute atomic E-state index is 11.0. The van der Waals surface area contributed by atoms with Crippen molar-refractivity contribution < 1.29 is 27.2 Å². The van der Waals surface area contributed by atoms with Crippen LogP contribution in [0.1, 0.15) is 12.8 Å². The monoisotopic (exact) mass is 281 g/mol. The molecule has 3 heterocycles. The Kier molecular flexibility index (Phi) is 4.01. The summed E-state index contributed by atoms with van der Waals surface area (Å²) in [6, 6.07) is 0. The summed E-state index contributed by atoms with van der Waals surface area (Å²) in [6.45, 7) is 1.31. The number of rotatable bonds is 2. The van der Waals surface area contributed by atoms with Crippen molar-refractivity contribution in [2.75, 3.05) is 13.1 Å². The maximum Gasteiger partial charge on any atom is 0.203 e. The lowest BCUT2D eigenvalue weighted by atomic mass is 9.98. The van der Waals surface area contributed by atoms with E-state index in [2.05, 4.69) is 9.98 Å². The average Bonchev–Trinajstić information content (AvgIpc) is 2.82. The number of nitrogens with one attached hydrogen (secondary N) is 1. The minimum atomic E-state index is -0.964. The van der Waals surface area contributed by atoms with Gasteiger partial charge in [0.2, 0.25) is 12.0 Å². The summed E-state index contributed by atoms with van der Waals surface area (Å²) in [5, 5.41) is 11.0. The number of hydrogen-bond donors (Lipinski definition) is 1. The van der Waals surface area contributed by atoms with Crippen LogP contribution in [-0.2, 0) is 4.79 Å². The Bertz CT molecular complexity index is 498. The first kappa shape index (κ1) is 13.8. The minimum Gasteiger partial charge on any atom is -1.00 e. The number of aliphatic imine (C=N–C) groups is 2. The van der Waals surface area contributed by atoms with Crippen LogP contribution in [0.25, 0.3) is 0 Å². The fourth-order valence-corrected chi connectivity index (χ4v) is 2.52. The molecule has 0 amide bonds. The standard InChI is InChI=1S/C12H14N4O2.ClH/c17-12(18)9-2-1-4-15(7-9)11-10-6-13-3-5-16(10)8-14-11;/h3,5-6,8-9H,1-2,4,7H2,(H,17,18);1H/p-1. The molecule has 3 aliphatic rings. The molecule has 1 N–H and O–H groups in total. The van der Waals surface area contributed by atoms with Crippen molar-refractivity contribution in [2.24, 2.45) is 15.9 Å². The van der Waals surface area contributed by atoms with Gasteiger partial charge in [-0.3, -0.25) is 4.99 Å². The highest BCUT2D eigenvalue weighted by Gasteiger charge is 2.30. The number of carboxylic acid groups (broad SMARTS) is 1. The second kappa shape index (κ2) is 5.54. The lowest BCUT2D eigenvalue weighted by molar-refractivity contribution is -0.682. The molecule has 3 rings (SSSR count). The molecule has 0 aromatic heterocycles. The van der Waals surface area contributed by atoms with Crippen molar-refractivity contribution in [2.45, 2.75) is 12.8 Å². The van der Waals surface area contributed by atoms with E-state index >= 15 is 0 Å². The molecule has 6 nitrogen and oxygen atoms in total. The largest absolute Gasteiger partial charge is 1.00 e. The van der Waals surface area contributed by atoms with E-state index in [1.54, 1.807) is 18.8 Å². The van der Waals surface area contributed by atoms with Gasteiger partial charge in [-0.05, 0) is 12.8 Å². The van der Waals surface area contributed by atoms with E-state index < -0.39 is 11.9 Å². The highest BCUT2D eigenvalue weighted by Crippen LogP contribution is 2.22. The van der Waals surface area contributed by atoms with Gasteiger partial charge >= 0.3 is 0 Å². The number of carbonyl (C=O) groups is 1. The van der Waals surface area contributed by atoms with Gasteiger partial charge in [0.05, 0.1) is 12.4 Å². The van der Waals surface area contributed by atoms with Crippen LogP contribution in [0, 0.1) is 5.92 Å². The van der Waals surface area contributed by atoms with E-state index in [0.717, 1.165) is 29.4 Å². The van der Waals surface area contributed by atoms with Gasteiger partial charge in [-0.1, -0.05) is 0 Å². The first-order valence-corrected chi connectivity index (χ1v) is 6.07. The molecule has 102 valence electrons. The number of piperidine rings is 1. The first-order chi connectivity index (χ1) is 8.75. The predicted molar refractivity (Wildman–Crippen MR) is 63.4 cm³/mol. The average molecular weight is 282 g/mol. The fraction of sp³-hybridized carbons (Fsp3) is 0.417. The quantitative estimate of drug-likeness (QED) is 0.552. The summed E-state index contributed by atoms with van der Waals surface area (Å²) in [7, 11) is 0. The van der Waals surface area contributed by atoms with Gasteiger partial charge in [0.1, 0.15) is 6.20 Å². The first-order valence-electron chi connectivity index (χ1n) is 6.07. The second-order valence-electron chi connectivity index (χ2n) is 4.65. The van der Waals surface area contributed by atoms with E-state index in [9.17, 15) is 9.90 Å². The molecule has 2 unspecified atom stereocenters. The lowest BCUT2D eigenvalue weighted by Crippen LogP contribution is -3.04. The molecule has 3 aliphatic heterocycles. The maximum atomic E-state index is 11.0. The summed E-state index contributed by atoms with van der Waals surface area (Å²) in [6.07, 6.45) is 8.76. The van der Waals surface area contributed by atoms with Gasteiger partial charge in [-0.25, -0.2) is 4.90 Å². The summed E-state index contributed by atoms with van der Waals surface area (Å²) in [5.74, 6) is -0.528. The number of fused-ring (bicyclic) bond motifs is 1. The molecular formula is C12H14ClN4O2-. The minimum absolute atomic E-state index is 0. The van der Waals surface area contributed by atoms with Crippen LogP contribution >= 0.6 is 0 Å². The van der Waals surface area contributed by atoms with Crippen molar-refractivity contribution in [1.29, 1.82) is 0 Å². The molecule has 0 saturated carbocycles. The van der Waals surface area contributed by atoms with Crippen molar-refractivity contribution in [3.05, 3.63) is 23.9 Å². The van der Waals surface area contributed by atoms with E-state index in [1.165, 1.54) is 0 Å². The van der Waals surface area contributed by atoms with Crippen molar-refractivity contribution in [3.8, 4) is 0 Å². The normalized spacial score (nSPS) is 28.3. The SMILES string of the molecule is O=C([O-])C1CCCN(C2=C3C=NC=C[NH+]3C=N2)C1.[Cl-]. The summed E-state index contributed by atoms with van der Waals surface area (Å²) in [4.78, 5) is 22.5. The van der Waals surface area contributed by atoms with Crippen LogP contribution in [-0.4, -0.2) is 36.5 Å². The Hall–Kier alpha value is -1.66. The number of quaternary nitrogens is 1. The summed E-state index contributed by atoms with van der Waals surface area (Å²) >= 11 is 0. The summed E-state index contributed by atoms with van der Waals surface area (Å²) < 4.78 is 0. The number of carboxylic acids is 1. The van der Waals surface area contributed by atoms with Gasteiger partial charge in [0.15, 0.2) is 5.82 Å². The van der Waals surface area contributed by atoms with Crippen molar-refractivity contribution >= 4 is 18.5 Å². The second-order valence-corrected chi connectivity index (χ2v) is 4.65. The number of hydrogen-bond acceptors (Lipinski definition) is 5. The van der Waals surface area contributed by atoms with E-state index in [4.69, 9.17) is 0 Å². The van der Waals surface area contributed by atoms with Crippen LogP contribution in [0.3, 0.4) is 0 Å². The molecule has 0 aliphatic carbocycles. The fourth-order valence-electron chi connectivity index (χ4n) is 2.52. The highest BCUT2D eigenvalue weighted by molar-refractivity contribution is 5.81. The molecule has 0 radical (unpaired) electrons. The molecule has 0 aromatic rings. The molecular weight excluding hydrogens is 268 g/mol. The zero-order chi connectivity index (χ0) is 12.5. The summed E-state index contributed by atoms with van der Waals surface area (Å²) in [5.41, 5.74) is 0.983. The van der Waals surface area contributed by atoms with Gasteiger partial charge in [0.25, 0.3) is 0 Å². The van der Waals surface area contributed by atoms with Crippen molar-refractivity contribution in [3.63, 3.8) is 0 Å². The lowest BCUT2D eigenvalue weighted by Gasteiger charge is -2.33. The number of likely N-dealkylation sites (tertiary alicyclic amines) is 1. The number of allylic oxidation sites excluding steroid dienone is 1. The van der Waals surface area contributed by atoms with Crippen LogP contribution in [0.15, 0.2) is 33.9 Å². The number of carbonyl (C=O) groups excluding carboxylic acids is 1. The Labute approximate surface area is 117 Å². The smallest absolute Gasteiger partial charge is 0.203 e. The Morgan fingerprint density at radius 2 is 2.37 bits per heavy atom. The number of aliphatic carboxylic acids is 1. The van der Waals surface area contributed by atoms with Crippen molar-refractivity contribution in [1.82, 2.24) is 4.90 Å². The number of halogens is 1. The molecule has 1 fully saturated rings. The molecule has 0 aromatic carbocycles. The topological polar surface area (TPSA) is 72.5 Å². The third-order valence-electron chi connectivity index (χ3n) is 3.48. The van der Waals surface area contributed by atoms with E-state index in [-0.39, 0.29) is 12.4 Å². The predicted octanol–water partition coefficient (Wildman–Crippen LogP) is -4.90. The third-order valence-corrected chi connectivity index (χ3v) is 3.48. The Morgan fingerprint density at radius 3 is 3.16 bits per heavy atom. The zero-order valence-corrected chi connectivity index (χ0v) is 11.0. The van der Waals surface area contributed by atoms with E-state index in [1.807, 2.05) is 11.1 Å². The van der Waals surface area contributed by atoms with Gasteiger partial charge < -0.3 is 27.2 Å². The zero-order valence-electron chi connectivity index (χ0n) is 10.3. The molecule has 7 heteroatoms. The molecule has 0 bridgehead atoms. The van der Waals surface area contributed by atoms with Gasteiger partial charge in [0, 0.05) is 25.0 Å².